The minimum absolute atomic E-state index is 0.173. The van der Waals surface area contributed by atoms with Crippen LogP contribution in [-0.4, -0.2) is 16.1 Å². The highest BCUT2D eigenvalue weighted by molar-refractivity contribution is 5.71. The Morgan fingerprint density at radius 2 is 1.92 bits per heavy atom. The summed E-state index contributed by atoms with van der Waals surface area (Å²) >= 11 is 0. The molecule has 13 heavy (non-hydrogen) atoms. The van der Waals surface area contributed by atoms with Crippen LogP contribution in [0.25, 0.3) is 0 Å². The fraction of sp³-hybridized carbons (Fsp3) is 0.125. The average Bonchev–Trinajstić information content (AvgIpc) is 2.08. The smallest absolute Gasteiger partial charge is 0.329 e. The zero-order chi connectivity index (χ0) is 9.84. The van der Waals surface area contributed by atoms with Gasteiger partial charge in [0.05, 0.1) is 6.54 Å². The first kappa shape index (κ1) is 9.34. The molecule has 5 heteroatoms. The van der Waals surface area contributed by atoms with Crippen LogP contribution in [0.4, 0.5) is 4.79 Å². The number of hydrogen-bond acceptors (Lipinski definition) is 3. The van der Waals surface area contributed by atoms with Gasteiger partial charge in [-0.3, -0.25) is 5.01 Å². The molecule has 0 aliphatic heterocycles. The maximum Gasteiger partial charge on any atom is 0.329 e. The molecular weight excluding hydrogens is 170 g/mol. The first-order valence-corrected chi connectivity index (χ1v) is 3.69. The number of urea groups is 1. The highest BCUT2D eigenvalue weighted by Crippen LogP contribution is 2.10. The van der Waals surface area contributed by atoms with Crippen molar-refractivity contribution in [2.45, 2.75) is 6.54 Å². The van der Waals surface area contributed by atoms with Crippen molar-refractivity contribution >= 4 is 6.03 Å². The normalized spacial score (nSPS) is 9.62. The Morgan fingerprint density at radius 3 is 2.38 bits per heavy atom. The third-order valence-corrected chi connectivity index (χ3v) is 1.57. The Bertz CT molecular complexity index is 297. The highest BCUT2D eigenvalue weighted by Gasteiger charge is 2.03. The van der Waals surface area contributed by atoms with E-state index >= 15 is 0 Å². The number of phenolic OH excluding ortho intramolecular Hbond substituents is 1. The Kier molecular flexibility index (Phi) is 2.71. The van der Waals surface area contributed by atoms with Gasteiger partial charge in [0.15, 0.2) is 0 Å². The van der Waals surface area contributed by atoms with Gasteiger partial charge in [-0.1, -0.05) is 12.1 Å². The number of nitrogens with zero attached hydrogens (tertiary/aromatic N) is 1. The molecule has 0 bridgehead atoms. The molecule has 0 saturated carbocycles. The van der Waals surface area contributed by atoms with E-state index in [-0.39, 0.29) is 12.3 Å². The van der Waals surface area contributed by atoms with Crippen LogP contribution in [0.15, 0.2) is 24.3 Å². The molecule has 1 rings (SSSR count). The summed E-state index contributed by atoms with van der Waals surface area (Å²) in [6.07, 6.45) is 0. The van der Waals surface area contributed by atoms with Crippen LogP contribution in [0.1, 0.15) is 5.56 Å². The lowest BCUT2D eigenvalue weighted by Gasteiger charge is -2.13. The molecule has 0 spiro atoms. The van der Waals surface area contributed by atoms with E-state index in [0.29, 0.717) is 0 Å². The summed E-state index contributed by atoms with van der Waals surface area (Å²) in [4.78, 5) is 10.5. The SMILES string of the molecule is NC(=O)N(N)Cc1ccc(O)cc1. The minimum Gasteiger partial charge on any atom is -0.508 e. The predicted octanol–water partition coefficient (Wildman–Crippen LogP) is 0.147. The van der Waals surface area contributed by atoms with E-state index in [0.717, 1.165) is 10.6 Å². The van der Waals surface area contributed by atoms with E-state index in [9.17, 15) is 4.79 Å². The lowest BCUT2D eigenvalue weighted by atomic mass is 10.2. The van der Waals surface area contributed by atoms with E-state index in [4.69, 9.17) is 16.7 Å². The number of rotatable bonds is 2. The fourth-order valence-electron chi connectivity index (χ4n) is 0.876. The molecule has 0 unspecified atom stereocenters. The number of carbonyl (C=O) groups is 1. The summed E-state index contributed by atoms with van der Waals surface area (Å²) in [6, 6.07) is 5.68. The molecule has 0 radical (unpaired) electrons. The molecule has 70 valence electrons. The van der Waals surface area contributed by atoms with Crippen LogP contribution < -0.4 is 11.6 Å². The quantitative estimate of drug-likeness (QED) is 0.344. The zero-order valence-electron chi connectivity index (χ0n) is 6.97. The fourth-order valence-corrected chi connectivity index (χ4v) is 0.876. The van der Waals surface area contributed by atoms with Gasteiger partial charge in [0.1, 0.15) is 5.75 Å². The van der Waals surface area contributed by atoms with E-state index < -0.39 is 6.03 Å². The first-order valence-electron chi connectivity index (χ1n) is 3.69. The van der Waals surface area contributed by atoms with E-state index in [1.807, 2.05) is 0 Å². The number of hydrogen-bond donors (Lipinski definition) is 3. The van der Waals surface area contributed by atoms with Gasteiger partial charge < -0.3 is 10.8 Å². The number of amides is 2. The van der Waals surface area contributed by atoms with Crippen LogP contribution in [-0.2, 0) is 6.54 Å². The van der Waals surface area contributed by atoms with Crippen molar-refractivity contribution in [3.63, 3.8) is 0 Å². The molecular formula is C8H11N3O2. The standard InChI is InChI=1S/C8H11N3O2/c9-8(13)11(10)5-6-1-3-7(12)4-2-6/h1-4,12H,5,10H2,(H2,9,13). The number of hydrazine groups is 1. The largest absolute Gasteiger partial charge is 0.508 e. The summed E-state index contributed by atoms with van der Waals surface area (Å²) in [5.41, 5.74) is 5.73. The molecule has 0 heterocycles. The molecule has 0 aliphatic rings. The van der Waals surface area contributed by atoms with Gasteiger partial charge in [-0.15, -0.1) is 0 Å². The molecule has 2 amide bonds. The lowest BCUT2D eigenvalue weighted by Crippen LogP contribution is -2.40. The van der Waals surface area contributed by atoms with Crippen LogP contribution >= 0.6 is 0 Å². The van der Waals surface area contributed by atoms with Crippen molar-refractivity contribution < 1.29 is 9.90 Å². The summed E-state index contributed by atoms with van der Waals surface area (Å²) in [5.74, 6) is 5.46. The molecule has 0 saturated heterocycles. The van der Waals surface area contributed by atoms with Crippen LogP contribution in [0.3, 0.4) is 0 Å². The van der Waals surface area contributed by atoms with Crippen molar-refractivity contribution in [2.24, 2.45) is 11.6 Å². The van der Waals surface area contributed by atoms with Gasteiger partial charge in [-0.2, -0.15) is 0 Å². The van der Waals surface area contributed by atoms with Crippen molar-refractivity contribution in [2.75, 3.05) is 0 Å². The van der Waals surface area contributed by atoms with Crippen molar-refractivity contribution in [3.05, 3.63) is 29.8 Å². The van der Waals surface area contributed by atoms with Gasteiger partial charge in [0, 0.05) is 0 Å². The molecule has 5 nitrogen and oxygen atoms in total. The molecule has 5 N–H and O–H groups in total. The van der Waals surface area contributed by atoms with Crippen molar-refractivity contribution in [1.82, 2.24) is 5.01 Å². The molecule has 0 fully saturated rings. The maximum atomic E-state index is 10.5. The summed E-state index contributed by atoms with van der Waals surface area (Å²) in [7, 11) is 0. The van der Waals surface area contributed by atoms with Crippen LogP contribution in [0.5, 0.6) is 5.75 Å². The topological polar surface area (TPSA) is 92.6 Å². The minimum atomic E-state index is -0.687. The second kappa shape index (κ2) is 3.77. The molecule has 1 aromatic rings. The number of nitrogens with two attached hydrogens (primary N) is 2. The van der Waals surface area contributed by atoms with E-state index in [2.05, 4.69) is 0 Å². The van der Waals surface area contributed by atoms with Gasteiger partial charge in [0.25, 0.3) is 0 Å². The highest BCUT2D eigenvalue weighted by atomic mass is 16.3. The second-order valence-electron chi connectivity index (χ2n) is 2.63. The Morgan fingerprint density at radius 1 is 1.38 bits per heavy atom. The molecule has 1 aromatic carbocycles. The average molecular weight is 181 g/mol. The Balaban J connectivity index is 2.64. The Hall–Kier alpha value is -1.75. The third-order valence-electron chi connectivity index (χ3n) is 1.57. The molecule has 0 aliphatic carbocycles. The molecule has 0 aromatic heterocycles. The van der Waals surface area contributed by atoms with Gasteiger partial charge in [-0.05, 0) is 17.7 Å². The predicted molar refractivity (Wildman–Crippen MR) is 47.4 cm³/mol. The maximum absolute atomic E-state index is 10.5. The third kappa shape index (κ3) is 2.64. The Labute approximate surface area is 75.5 Å². The van der Waals surface area contributed by atoms with Gasteiger partial charge in [-0.25, -0.2) is 10.6 Å². The summed E-state index contributed by atoms with van der Waals surface area (Å²) in [5, 5.41) is 9.86. The summed E-state index contributed by atoms with van der Waals surface area (Å²) < 4.78 is 0. The van der Waals surface area contributed by atoms with Crippen molar-refractivity contribution in [1.29, 1.82) is 0 Å². The number of phenols is 1. The number of aromatic hydroxyl groups is 1. The summed E-state index contributed by atoms with van der Waals surface area (Å²) in [6.45, 7) is 0.232. The van der Waals surface area contributed by atoms with E-state index in [1.165, 1.54) is 12.1 Å². The van der Waals surface area contributed by atoms with Crippen LogP contribution in [0, 0.1) is 0 Å². The molecule has 0 atom stereocenters. The van der Waals surface area contributed by atoms with Crippen LogP contribution in [0.2, 0.25) is 0 Å². The first-order chi connectivity index (χ1) is 6.09. The van der Waals surface area contributed by atoms with Gasteiger partial charge >= 0.3 is 6.03 Å². The van der Waals surface area contributed by atoms with Crippen molar-refractivity contribution in [3.8, 4) is 5.75 Å². The number of carbonyl (C=O) groups excluding carboxylic acids is 1. The zero-order valence-corrected chi connectivity index (χ0v) is 6.97. The monoisotopic (exact) mass is 181 g/mol. The van der Waals surface area contributed by atoms with E-state index in [1.54, 1.807) is 12.1 Å². The lowest BCUT2D eigenvalue weighted by molar-refractivity contribution is 0.206. The number of benzene rings is 1. The number of primary amides is 1. The van der Waals surface area contributed by atoms with Gasteiger partial charge in [0.2, 0.25) is 0 Å². The second-order valence-corrected chi connectivity index (χ2v) is 2.63.